The Balaban J connectivity index is 0.000000541. The number of hydrogen-bond donors (Lipinski definition) is 0. The number of aliphatic carboxylic acids is 1. The van der Waals surface area contributed by atoms with Crippen molar-refractivity contribution in [1.82, 2.24) is 0 Å². The number of fused-ring (bicyclic) bond motifs is 2. The second kappa shape index (κ2) is 13.4. The molecule has 3 aromatic carbocycles. The Morgan fingerprint density at radius 1 is 1.00 bits per heavy atom. The molecule has 43 heavy (non-hydrogen) atoms. The first-order valence-corrected chi connectivity index (χ1v) is 13.9. The lowest BCUT2D eigenvalue weighted by Gasteiger charge is -2.30. The SMILES string of the molecule is CN(C)c1cccc(OCCC[N+]2(C)CCC(OC(=O)C3c4ccccc4Oc4ccccc43)C2)c1.O=C([O-])C(F)(F)F. The fraction of sp³-hybridized carbons (Fsp3) is 0.375. The summed E-state index contributed by atoms with van der Waals surface area (Å²) in [6.45, 7) is 3.48. The molecule has 0 bridgehead atoms. The van der Waals surface area contributed by atoms with Crippen LogP contribution in [0.5, 0.6) is 17.2 Å². The summed E-state index contributed by atoms with van der Waals surface area (Å²) in [4.78, 5) is 24.3. The zero-order valence-corrected chi connectivity index (χ0v) is 24.3. The number of quaternary nitrogens is 1. The third kappa shape index (κ3) is 8.19. The fourth-order valence-corrected chi connectivity index (χ4v) is 5.31. The molecule has 0 N–H and O–H groups in total. The Morgan fingerprint density at radius 2 is 1.60 bits per heavy atom. The molecule has 0 aliphatic carbocycles. The van der Waals surface area contributed by atoms with Gasteiger partial charge in [-0.3, -0.25) is 4.79 Å². The Labute approximate surface area is 248 Å². The first-order valence-electron chi connectivity index (χ1n) is 13.9. The highest BCUT2D eigenvalue weighted by atomic mass is 19.4. The van der Waals surface area contributed by atoms with Crippen LogP contribution in [0.25, 0.3) is 0 Å². The van der Waals surface area contributed by atoms with Crippen LogP contribution in [-0.2, 0) is 14.3 Å². The molecule has 2 aliphatic heterocycles. The van der Waals surface area contributed by atoms with Crippen LogP contribution in [0.15, 0.2) is 72.8 Å². The summed E-state index contributed by atoms with van der Waals surface area (Å²) in [7, 11) is 6.31. The minimum atomic E-state index is -5.19. The maximum Gasteiger partial charge on any atom is 0.430 e. The van der Waals surface area contributed by atoms with Crippen LogP contribution < -0.4 is 19.5 Å². The van der Waals surface area contributed by atoms with Crippen LogP contribution in [0.1, 0.15) is 29.9 Å². The van der Waals surface area contributed by atoms with E-state index in [1.807, 2.05) is 74.8 Å². The van der Waals surface area contributed by atoms with Crippen LogP contribution in [0.2, 0.25) is 0 Å². The smallest absolute Gasteiger partial charge is 0.430 e. The van der Waals surface area contributed by atoms with Crippen molar-refractivity contribution >= 4 is 17.6 Å². The molecule has 11 heteroatoms. The van der Waals surface area contributed by atoms with Crippen LogP contribution >= 0.6 is 0 Å². The van der Waals surface area contributed by atoms with Crippen molar-refractivity contribution in [2.24, 2.45) is 0 Å². The van der Waals surface area contributed by atoms with Crippen molar-refractivity contribution < 1.29 is 46.6 Å². The molecule has 3 aromatic rings. The summed E-state index contributed by atoms with van der Waals surface area (Å²) < 4.78 is 50.6. The lowest BCUT2D eigenvalue weighted by molar-refractivity contribution is -0.899. The van der Waals surface area contributed by atoms with Crippen molar-refractivity contribution in [2.45, 2.75) is 31.0 Å². The molecule has 1 saturated heterocycles. The number of benzene rings is 3. The molecule has 8 nitrogen and oxygen atoms in total. The van der Waals surface area contributed by atoms with Crippen molar-refractivity contribution in [2.75, 3.05) is 52.3 Å². The topological polar surface area (TPSA) is 88.1 Å². The maximum atomic E-state index is 13.5. The fourth-order valence-electron chi connectivity index (χ4n) is 5.31. The van der Waals surface area contributed by atoms with E-state index >= 15 is 0 Å². The van der Waals surface area contributed by atoms with Crippen LogP contribution in [0, 0.1) is 0 Å². The number of likely N-dealkylation sites (N-methyl/N-ethyl adjacent to an activating group) is 1. The number of likely N-dealkylation sites (tertiary alicyclic amines) is 1. The number of ether oxygens (including phenoxy) is 3. The van der Waals surface area contributed by atoms with E-state index in [9.17, 15) is 18.0 Å². The molecule has 230 valence electrons. The van der Waals surface area contributed by atoms with Crippen molar-refractivity contribution in [3.8, 4) is 17.2 Å². The van der Waals surface area contributed by atoms with Gasteiger partial charge in [0.2, 0.25) is 0 Å². The number of nitrogens with zero attached hydrogens (tertiary/aromatic N) is 2. The van der Waals surface area contributed by atoms with Gasteiger partial charge in [-0.1, -0.05) is 42.5 Å². The Bertz CT molecular complexity index is 1380. The van der Waals surface area contributed by atoms with Gasteiger partial charge in [0, 0.05) is 49.8 Å². The van der Waals surface area contributed by atoms with E-state index in [0.29, 0.717) is 6.61 Å². The summed E-state index contributed by atoms with van der Waals surface area (Å²) in [5.74, 6) is -1.32. The van der Waals surface area contributed by atoms with E-state index in [2.05, 4.69) is 24.1 Å². The van der Waals surface area contributed by atoms with Gasteiger partial charge in [-0.2, -0.15) is 13.2 Å². The average molecular weight is 601 g/mol. The first kappa shape index (κ1) is 31.7. The number of hydrogen-bond acceptors (Lipinski definition) is 7. The molecule has 0 saturated carbocycles. The Kier molecular flexibility index (Phi) is 9.85. The highest BCUT2D eigenvalue weighted by Crippen LogP contribution is 2.44. The number of alkyl halides is 3. The first-order chi connectivity index (χ1) is 20.4. The third-order valence-corrected chi connectivity index (χ3v) is 7.51. The summed E-state index contributed by atoms with van der Waals surface area (Å²) in [6.07, 6.45) is -3.45. The predicted molar refractivity (Wildman–Crippen MR) is 152 cm³/mol. The van der Waals surface area contributed by atoms with E-state index < -0.39 is 18.1 Å². The van der Waals surface area contributed by atoms with E-state index in [0.717, 1.165) is 71.0 Å². The highest BCUT2D eigenvalue weighted by molar-refractivity contribution is 5.85. The Morgan fingerprint density at radius 3 is 2.19 bits per heavy atom. The average Bonchev–Trinajstić information content (AvgIpc) is 3.34. The van der Waals surface area contributed by atoms with Crippen molar-refractivity contribution in [3.63, 3.8) is 0 Å². The van der Waals surface area contributed by atoms with Gasteiger partial charge >= 0.3 is 12.1 Å². The molecular formula is C32H35F3N2O6. The second-order valence-corrected chi connectivity index (χ2v) is 11.1. The summed E-state index contributed by atoms with van der Waals surface area (Å²) in [5, 5.41) is 8.78. The number of esters is 1. The molecule has 0 amide bonds. The van der Waals surface area contributed by atoms with Gasteiger partial charge in [0.1, 0.15) is 35.7 Å². The van der Waals surface area contributed by atoms with Gasteiger partial charge in [-0.05, 0) is 24.3 Å². The number of carboxylic acids is 1. The molecule has 2 heterocycles. The van der Waals surface area contributed by atoms with Crippen LogP contribution in [0.4, 0.5) is 18.9 Å². The van der Waals surface area contributed by atoms with Gasteiger partial charge in [0.25, 0.3) is 0 Å². The molecule has 0 aromatic heterocycles. The summed E-state index contributed by atoms with van der Waals surface area (Å²) >= 11 is 0. The zero-order chi connectivity index (χ0) is 31.2. The van der Waals surface area contributed by atoms with Gasteiger partial charge in [0.15, 0.2) is 6.10 Å². The number of halogens is 3. The number of carbonyl (C=O) groups is 2. The lowest BCUT2D eigenvalue weighted by Crippen LogP contribution is -2.44. The van der Waals surface area contributed by atoms with E-state index in [-0.39, 0.29) is 12.1 Å². The van der Waals surface area contributed by atoms with Gasteiger partial charge < -0.3 is 33.5 Å². The van der Waals surface area contributed by atoms with Gasteiger partial charge in [-0.15, -0.1) is 0 Å². The molecule has 1 fully saturated rings. The molecule has 5 rings (SSSR count). The number of anilines is 1. The van der Waals surface area contributed by atoms with Crippen molar-refractivity contribution in [1.29, 1.82) is 0 Å². The molecule has 0 spiro atoms. The maximum absolute atomic E-state index is 13.5. The minimum absolute atomic E-state index is 0.0811. The minimum Gasteiger partial charge on any atom is -0.542 e. The summed E-state index contributed by atoms with van der Waals surface area (Å²) in [5.41, 5.74) is 2.87. The van der Waals surface area contributed by atoms with Gasteiger partial charge in [-0.25, -0.2) is 0 Å². The molecule has 0 radical (unpaired) electrons. The monoisotopic (exact) mass is 600 g/mol. The zero-order valence-electron chi connectivity index (χ0n) is 24.3. The number of rotatable bonds is 8. The largest absolute Gasteiger partial charge is 0.542 e. The van der Waals surface area contributed by atoms with Crippen LogP contribution in [-0.4, -0.2) is 76.1 Å². The molecule has 2 unspecified atom stereocenters. The highest BCUT2D eigenvalue weighted by Gasteiger charge is 2.40. The van der Waals surface area contributed by atoms with E-state index in [4.69, 9.17) is 24.1 Å². The number of carbonyl (C=O) groups excluding carboxylic acids is 2. The second-order valence-electron chi connectivity index (χ2n) is 11.1. The summed E-state index contributed by atoms with van der Waals surface area (Å²) in [6, 6.07) is 23.6. The normalized spacial score (nSPS) is 19.2. The van der Waals surface area contributed by atoms with E-state index in [1.165, 1.54) is 0 Å². The predicted octanol–water partition coefficient (Wildman–Crippen LogP) is 4.52. The third-order valence-electron chi connectivity index (χ3n) is 7.51. The lowest BCUT2D eigenvalue weighted by atomic mass is 9.88. The Hall–Kier alpha value is -4.25. The quantitative estimate of drug-likeness (QED) is 0.214. The van der Waals surface area contributed by atoms with Gasteiger partial charge in [0.05, 0.1) is 26.7 Å². The standard InChI is InChI=1S/C30H35N2O4.C2HF3O2/c1-31(2)22-10-8-11-23(20-22)34-19-9-17-32(3)18-16-24(21-32)35-30(33)29-25-12-4-6-14-27(25)36-28-15-7-5-13-26(28)29;3-2(4,5)1(6)7/h4-8,10-15,20,24,29H,9,16-19,21H2,1-3H3;(H,6,7)/q+1;/p-1. The van der Waals surface area contributed by atoms with Crippen LogP contribution in [0.3, 0.4) is 0 Å². The number of para-hydroxylation sites is 2. The molecule has 2 atom stereocenters. The molecular weight excluding hydrogens is 565 g/mol. The van der Waals surface area contributed by atoms with E-state index in [1.54, 1.807) is 0 Å². The number of carboxylic acid groups (broad SMARTS) is 1. The van der Waals surface area contributed by atoms with Crippen molar-refractivity contribution in [3.05, 3.63) is 83.9 Å². The molecule has 2 aliphatic rings.